The highest BCUT2D eigenvalue weighted by Gasteiger charge is 2.30. The summed E-state index contributed by atoms with van der Waals surface area (Å²) in [6.45, 7) is 1.12. The van der Waals surface area contributed by atoms with E-state index in [0.717, 1.165) is 5.56 Å². The minimum absolute atomic E-state index is 0.238. The Hall–Kier alpha value is -2.61. The number of carbonyl (C=O) groups is 3. The highest BCUT2D eigenvalue weighted by Crippen LogP contribution is 2.22. The number of nitrogens with zero attached hydrogens (tertiary/aromatic N) is 1. The molecule has 25 heavy (non-hydrogen) atoms. The number of nitrogens with one attached hydrogen (secondary N) is 1. The summed E-state index contributed by atoms with van der Waals surface area (Å²) in [4.78, 5) is 37.2. The Labute approximate surface area is 146 Å². The molecule has 0 aromatic heterocycles. The molecule has 0 aliphatic carbocycles. The summed E-state index contributed by atoms with van der Waals surface area (Å²) in [5, 5.41) is 2.53. The molecule has 1 fully saturated rings. The van der Waals surface area contributed by atoms with Crippen molar-refractivity contribution in [3.05, 3.63) is 35.9 Å². The first-order valence-corrected chi connectivity index (χ1v) is 7.91. The third-order valence-corrected chi connectivity index (χ3v) is 3.91. The molecule has 8 nitrogen and oxygen atoms in total. The number of methoxy groups -OCH3 is 2. The molecular formula is C17H22N2O6. The number of urea groups is 1. The Morgan fingerprint density at radius 1 is 1.24 bits per heavy atom. The number of carbonyl (C=O) groups excluding carboxylic acids is 3. The van der Waals surface area contributed by atoms with Crippen molar-refractivity contribution in [2.45, 2.75) is 18.6 Å². The van der Waals surface area contributed by atoms with Crippen molar-refractivity contribution in [1.29, 1.82) is 0 Å². The van der Waals surface area contributed by atoms with Gasteiger partial charge in [0.2, 0.25) is 0 Å². The zero-order valence-electron chi connectivity index (χ0n) is 14.3. The van der Waals surface area contributed by atoms with Crippen molar-refractivity contribution >= 4 is 18.0 Å². The fourth-order valence-corrected chi connectivity index (χ4v) is 2.53. The number of amides is 2. The summed E-state index contributed by atoms with van der Waals surface area (Å²) in [6, 6.07) is 8.03. The van der Waals surface area contributed by atoms with Gasteiger partial charge in [-0.3, -0.25) is 4.79 Å². The first kappa shape index (κ1) is 18.7. The van der Waals surface area contributed by atoms with Crippen molar-refractivity contribution in [1.82, 2.24) is 10.2 Å². The first-order valence-electron chi connectivity index (χ1n) is 7.91. The van der Waals surface area contributed by atoms with E-state index >= 15 is 0 Å². The van der Waals surface area contributed by atoms with Crippen LogP contribution < -0.4 is 5.32 Å². The van der Waals surface area contributed by atoms with Gasteiger partial charge in [0.15, 0.2) is 0 Å². The summed E-state index contributed by atoms with van der Waals surface area (Å²) < 4.78 is 14.9. The summed E-state index contributed by atoms with van der Waals surface area (Å²) in [6.07, 6.45) is -0.528. The minimum atomic E-state index is -1.09. The molecule has 0 saturated carbocycles. The number of hydrogen-bond acceptors (Lipinski definition) is 6. The second-order valence-electron chi connectivity index (χ2n) is 5.52. The Morgan fingerprint density at radius 3 is 2.60 bits per heavy atom. The van der Waals surface area contributed by atoms with Crippen LogP contribution in [0, 0.1) is 0 Å². The molecule has 2 rings (SSSR count). The molecule has 1 N–H and O–H groups in total. The summed E-state index contributed by atoms with van der Waals surface area (Å²) >= 11 is 0. The monoisotopic (exact) mass is 350 g/mol. The highest BCUT2D eigenvalue weighted by molar-refractivity contribution is 5.87. The molecule has 1 aliphatic heterocycles. The van der Waals surface area contributed by atoms with E-state index in [0.29, 0.717) is 19.7 Å². The second kappa shape index (κ2) is 9.03. The van der Waals surface area contributed by atoms with Crippen molar-refractivity contribution in [2.75, 3.05) is 33.9 Å². The van der Waals surface area contributed by atoms with Crippen molar-refractivity contribution < 1.29 is 28.6 Å². The van der Waals surface area contributed by atoms with Gasteiger partial charge < -0.3 is 24.4 Å². The van der Waals surface area contributed by atoms with E-state index in [1.54, 1.807) is 4.90 Å². The maximum Gasteiger partial charge on any atom is 0.329 e. The van der Waals surface area contributed by atoms with Gasteiger partial charge >= 0.3 is 18.0 Å². The predicted octanol–water partition coefficient (Wildman–Crippen LogP) is 0.874. The van der Waals surface area contributed by atoms with Gasteiger partial charge in [-0.1, -0.05) is 30.3 Å². The van der Waals surface area contributed by atoms with E-state index < -0.39 is 24.0 Å². The van der Waals surface area contributed by atoms with Gasteiger partial charge in [0, 0.05) is 6.54 Å². The predicted molar refractivity (Wildman–Crippen MR) is 87.7 cm³/mol. The summed E-state index contributed by atoms with van der Waals surface area (Å²) in [7, 11) is 2.41. The van der Waals surface area contributed by atoms with Crippen LogP contribution in [0.5, 0.6) is 0 Å². The topological polar surface area (TPSA) is 94.2 Å². The van der Waals surface area contributed by atoms with Gasteiger partial charge in [0.1, 0.15) is 12.1 Å². The van der Waals surface area contributed by atoms with Crippen LogP contribution in [-0.2, 0) is 23.8 Å². The van der Waals surface area contributed by atoms with Gasteiger partial charge in [0.05, 0.1) is 33.8 Å². The number of hydrogen-bond donors (Lipinski definition) is 1. The standard InChI is InChI=1S/C17H22N2O6/c1-23-15(20)10-13(16(21)24-2)18-17(22)19-8-9-25-14(11-19)12-6-4-3-5-7-12/h3-7,13-14H,8-11H2,1-2H3,(H,18,22)/t13-,14?/m1/s1. The first-order chi connectivity index (χ1) is 12.0. The molecule has 1 heterocycles. The SMILES string of the molecule is COC(=O)C[C@@H](NC(=O)N1CCOC(c2ccccc2)C1)C(=O)OC. The zero-order valence-corrected chi connectivity index (χ0v) is 14.3. The maximum absolute atomic E-state index is 12.5. The van der Waals surface area contributed by atoms with Gasteiger partial charge in [0.25, 0.3) is 0 Å². The zero-order chi connectivity index (χ0) is 18.2. The molecule has 1 aromatic rings. The average Bonchev–Trinajstić information content (AvgIpc) is 2.67. The van der Waals surface area contributed by atoms with Gasteiger partial charge in [-0.05, 0) is 5.56 Å². The van der Waals surface area contributed by atoms with Crippen LogP contribution in [0.4, 0.5) is 4.79 Å². The number of morpholine rings is 1. The Kier molecular flexibility index (Phi) is 6.76. The van der Waals surface area contributed by atoms with Gasteiger partial charge in [-0.2, -0.15) is 0 Å². The number of rotatable bonds is 5. The van der Waals surface area contributed by atoms with Crippen molar-refractivity contribution in [3.8, 4) is 0 Å². The molecule has 1 unspecified atom stereocenters. The normalized spacial score (nSPS) is 18.2. The van der Waals surface area contributed by atoms with Crippen LogP contribution in [0.3, 0.4) is 0 Å². The fraction of sp³-hybridized carbons (Fsp3) is 0.471. The molecule has 0 radical (unpaired) electrons. The smallest absolute Gasteiger partial charge is 0.329 e. The van der Waals surface area contributed by atoms with Crippen LogP contribution in [-0.4, -0.2) is 62.8 Å². The molecule has 0 spiro atoms. The lowest BCUT2D eigenvalue weighted by Crippen LogP contribution is -2.52. The van der Waals surface area contributed by atoms with Crippen molar-refractivity contribution in [2.24, 2.45) is 0 Å². The van der Waals surface area contributed by atoms with Crippen LogP contribution in [0.1, 0.15) is 18.1 Å². The van der Waals surface area contributed by atoms with E-state index in [4.69, 9.17) is 4.74 Å². The molecule has 136 valence electrons. The molecule has 2 atom stereocenters. The van der Waals surface area contributed by atoms with E-state index in [2.05, 4.69) is 14.8 Å². The van der Waals surface area contributed by atoms with Crippen LogP contribution >= 0.6 is 0 Å². The van der Waals surface area contributed by atoms with Crippen LogP contribution in [0.2, 0.25) is 0 Å². The molecular weight excluding hydrogens is 328 g/mol. The quantitative estimate of drug-likeness (QED) is 0.792. The Bertz CT molecular complexity index is 606. The van der Waals surface area contributed by atoms with E-state index in [1.807, 2.05) is 30.3 Å². The van der Waals surface area contributed by atoms with Gasteiger partial charge in [-0.25, -0.2) is 9.59 Å². The fourth-order valence-electron chi connectivity index (χ4n) is 2.53. The molecule has 1 aromatic carbocycles. The number of ether oxygens (including phenoxy) is 3. The molecule has 8 heteroatoms. The van der Waals surface area contributed by atoms with Crippen molar-refractivity contribution in [3.63, 3.8) is 0 Å². The lowest BCUT2D eigenvalue weighted by Gasteiger charge is -2.33. The average molecular weight is 350 g/mol. The van der Waals surface area contributed by atoms with Crippen LogP contribution in [0.15, 0.2) is 30.3 Å². The Morgan fingerprint density at radius 2 is 1.96 bits per heavy atom. The molecule has 1 aliphatic rings. The maximum atomic E-state index is 12.5. The van der Waals surface area contributed by atoms with E-state index in [-0.39, 0.29) is 12.5 Å². The molecule has 1 saturated heterocycles. The number of esters is 2. The van der Waals surface area contributed by atoms with Gasteiger partial charge in [-0.15, -0.1) is 0 Å². The second-order valence-corrected chi connectivity index (χ2v) is 5.52. The number of benzene rings is 1. The molecule has 0 bridgehead atoms. The van der Waals surface area contributed by atoms with E-state index in [9.17, 15) is 14.4 Å². The lowest BCUT2D eigenvalue weighted by atomic mass is 10.1. The largest absolute Gasteiger partial charge is 0.469 e. The lowest BCUT2D eigenvalue weighted by molar-refractivity contribution is -0.149. The third kappa shape index (κ3) is 5.18. The minimum Gasteiger partial charge on any atom is -0.469 e. The Balaban J connectivity index is 2.00. The van der Waals surface area contributed by atoms with Crippen LogP contribution in [0.25, 0.3) is 0 Å². The molecule has 2 amide bonds. The van der Waals surface area contributed by atoms with E-state index in [1.165, 1.54) is 14.2 Å². The highest BCUT2D eigenvalue weighted by atomic mass is 16.5. The summed E-state index contributed by atoms with van der Waals surface area (Å²) in [5.74, 6) is -1.31. The summed E-state index contributed by atoms with van der Waals surface area (Å²) in [5.41, 5.74) is 0.971. The third-order valence-electron chi connectivity index (χ3n) is 3.91.